The zero-order valence-electron chi connectivity index (χ0n) is 10.7. The van der Waals surface area contributed by atoms with Gasteiger partial charge in [-0.25, -0.2) is 0 Å². The van der Waals surface area contributed by atoms with Gasteiger partial charge in [0.1, 0.15) is 5.75 Å². The van der Waals surface area contributed by atoms with Crippen molar-refractivity contribution < 1.29 is 4.74 Å². The molecule has 0 aliphatic rings. The van der Waals surface area contributed by atoms with E-state index in [1.165, 1.54) is 0 Å². The Kier molecular flexibility index (Phi) is 5.59. The average Bonchev–Trinajstić information content (AvgIpc) is 2.29. The molecule has 1 aromatic rings. The van der Waals surface area contributed by atoms with E-state index >= 15 is 0 Å². The molecule has 1 aromatic carbocycles. The van der Waals surface area contributed by atoms with Gasteiger partial charge in [0.25, 0.3) is 0 Å². The minimum Gasteiger partial charge on any atom is -0.495 e. The molecule has 0 bridgehead atoms. The second-order valence-corrected chi connectivity index (χ2v) is 4.79. The molecule has 0 aromatic heterocycles. The Morgan fingerprint density at radius 3 is 2.71 bits per heavy atom. The van der Waals surface area contributed by atoms with Crippen LogP contribution in [0.4, 0.5) is 5.69 Å². The topological polar surface area (TPSA) is 38.5 Å². The van der Waals surface area contributed by atoms with Crippen molar-refractivity contribution in [2.45, 2.75) is 13.3 Å². The Hall–Kier alpha value is -0.930. The van der Waals surface area contributed by atoms with Crippen LogP contribution in [-0.2, 0) is 0 Å². The maximum Gasteiger partial charge on any atom is 0.137 e. The summed E-state index contributed by atoms with van der Waals surface area (Å²) in [5.74, 6) is 1.28. The largest absolute Gasteiger partial charge is 0.495 e. The van der Waals surface area contributed by atoms with Gasteiger partial charge in [0, 0.05) is 19.3 Å². The van der Waals surface area contributed by atoms with Crippen LogP contribution in [0, 0.1) is 5.92 Å². The van der Waals surface area contributed by atoms with Gasteiger partial charge in [0.05, 0.1) is 12.1 Å². The lowest BCUT2D eigenvalue weighted by molar-refractivity contribution is 0.415. The van der Waals surface area contributed by atoms with E-state index in [4.69, 9.17) is 22.1 Å². The lowest BCUT2D eigenvalue weighted by Gasteiger charge is -2.23. The first-order valence-corrected chi connectivity index (χ1v) is 6.21. The first-order valence-electron chi connectivity index (χ1n) is 5.83. The molecule has 0 aliphatic heterocycles. The highest BCUT2D eigenvalue weighted by Gasteiger charge is 2.09. The van der Waals surface area contributed by atoms with Crippen LogP contribution in [0.15, 0.2) is 18.2 Å². The summed E-state index contributed by atoms with van der Waals surface area (Å²) in [5, 5.41) is 0.642. The number of ether oxygens (including phenoxy) is 1. The highest BCUT2D eigenvalue weighted by atomic mass is 35.5. The van der Waals surface area contributed by atoms with E-state index < -0.39 is 0 Å². The van der Waals surface area contributed by atoms with Crippen molar-refractivity contribution >= 4 is 17.3 Å². The maximum absolute atomic E-state index is 6.10. The summed E-state index contributed by atoms with van der Waals surface area (Å²) < 4.78 is 5.13. The number of hydrogen-bond acceptors (Lipinski definition) is 3. The molecule has 0 saturated heterocycles. The van der Waals surface area contributed by atoms with Crippen LogP contribution in [0.5, 0.6) is 5.75 Å². The first kappa shape index (κ1) is 14.1. The Bertz CT molecular complexity index is 357. The van der Waals surface area contributed by atoms with Crippen molar-refractivity contribution in [2.24, 2.45) is 11.7 Å². The van der Waals surface area contributed by atoms with Crippen LogP contribution >= 0.6 is 11.6 Å². The monoisotopic (exact) mass is 256 g/mol. The molecule has 0 amide bonds. The quantitative estimate of drug-likeness (QED) is 0.851. The van der Waals surface area contributed by atoms with E-state index in [1.54, 1.807) is 7.11 Å². The lowest BCUT2D eigenvalue weighted by atomic mass is 10.1. The molecule has 0 aliphatic carbocycles. The smallest absolute Gasteiger partial charge is 0.137 e. The minimum atomic E-state index is 0.575. The van der Waals surface area contributed by atoms with Crippen LogP contribution in [0.1, 0.15) is 13.3 Å². The maximum atomic E-state index is 6.10. The number of nitrogens with two attached hydrogens (primary N) is 1. The van der Waals surface area contributed by atoms with Crippen molar-refractivity contribution in [3.05, 3.63) is 23.2 Å². The van der Waals surface area contributed by atoms with Gasteiger partial charge in [0.15, 0.2) is 0 Å². The van der Waals surface area contributed by atoms with Gasteiger partial charge in [-0.3, -0.25) is 0 Å². The van der Waals surface area contributed by atoms with Crippen molar-refractivity contribution in [2.75, 3.05) is 32.1 Å². The Morgan fingerprint density at radius 1 is 1.47 bits per heavy atom. The lowest BCUT2D eigenvalue weighted by Crippen LogP contribution is -2.25. The van der Waals surface area contributed by atoms with Gasteiger partial charge >= 0.3 is 0 Å². The average molecular weight is 257 g/mol. The van der Waals surface area contributed by atoms with Gasteiger partial charge in [-0.15, -0.1) is 0 Å². The van der Waals surface area contributed by atoms with Crippen LogP contribution in [0.25, 0.3) is 0 Å². The number of rotatable bonds is 6. The molecule has 0 fully saturated rings. The van der Waals surface area contributed by atoms with Gasteiger partial charge in [-0.05, 0) is 37.1 Å². The Morgan fingerprint density at radius 2 is 2.18 bits per heavy atom. The molecule has 17 heavy (non-hydrogen) atoms. The number of anilines is 1. The Balaban J connectivity index is 2.69. The summed E-state index contributed by atoms with van der Waals surface area (Å²) in [6.07, 6.45) is 1.04. The van der Waals surface area contributed by atoms with Crippen molar-refractivity contribution in [1.29, 1.82) is 0 Å². The standard InChI is InChI=1S/C13H21ClN2O/c1-10(6-7-15)9-16(2)11-4-5-13(17-3)12(14)8-11/h4-5,8,10H,6-7,9,15H2,1-3H3. The second kappa shape index (κ2) is 6.72. The molecule has 1 rings (SSSR count). The fourth-order valence-electron chi connectivity index (χ4n) is 1.84. The van der Waals surface area contributed by atoms with Crippen LogP contribution in [0.3, 0.4) is 0 Å². The predicted octanol–water partition coefficient (Wildman–Crippen LogP) is 2.77. The van der Waals surface area contributed by atoms with Crippen molar-refractivity contribution in [1.82, 2.24) is 0 Å². The summed E-state index contributed by atoms with van der Waals surface area (Å²) in [6, 6.07) is 5.83. The van der Waals surface area contributed by atoms with Crippen LogP contribution in [-0.4, -0.2) is 27.2 Å². The van der Waals surface area contributed by atoms with E-state index in [9.17, 15) is 0 Å². The van der Waals surface area contributed by atoms with Gasteiger partial charge in [-0.1, -0.05) is 18.5 Å². The summed E-state index contributed by atoms with van der Waals surface area (Å²) in [5.41, 5.74) is 6.65. The van der Waals surface area contributed by atoms with Crippen LogP contribution < -0.4 is 15.4 Å². The second-order valence-electron chi connectivity index (χ2n) is 4.38. The summed E-state index contributed by atoms with van der Waals surface area (Å²) >= 11 is 6.10. The third kappa shape index (κ3) is 4.10. The minimum absolute atomic E-state index is 0.575. The first-order chi connectivity index (χ1) is 8.08. The molecular weight excluding hydrogens is 236 g/mol. The normalized spacial score (nSPS) is 12.3. The molecule has 0 spiro atoms. The van der Waals surface area contributed by atoms with Crippen molar-refractivity contribution in [3.8, 4) is 5.75 Å². The third-order valence-corrected chi connectivity index (χ3v) is 3.12. The summed E-state index contributed by atoms with van der Waals surface area (Å²) in [4.78, 5) is 2.19. The molecule has 96 valence electrons. The number of hydrogen-bond donors (Lipinski definition) is 1. The van der Waals surface area contributed by atoms with E-state index in [0.717, 1.165) is 25.2 Å². The summed E-state index contributed by atoms with van der Waals surface area (Å²) in [7, 11) is 3.68. The molecule has 0 radical (unpaired) electrons. The Labute approximate surface area is 109 Å². The van der Waals surface area contributed by atoms with E-state index in [0.29, 0.717) is 16.7 Å². The third-order valence-electron chi connectivity index (χ3n) is 2.82. The van der Waals surface area contributed by atoms with Gasteiger partial charge < -0.3 is 15.4 Å². The highest BCUT2D eigenvalue weighted by Crippen LogP contribution is 2.29. The molecule has 0 heterocycles. The molecule has 1 unspecified atom stereocenters. The van der Waals surface area contributed by atoms with Gasteiger partial charge in [-0.2, -0.15) is 0 Å². The molecule has 4 heteroatoms. The van der Waals surface area contributed by atoms with Crippen LogP contribution in [0.2, 0.25) is 5.02 Å². The fourth-order valence-corrected chi connectivity index (χ4v) is 2.09. The predicted molar refractivity (Wildman–Crippen MR) is 74.1 cm³/mol. The SMILES string of the molecule is COc1ccc(N(C)CC(C)CCN)cc1Cl. The molecule has 0 saturated carbocycles. The van der Waals surface area contributed by atoms with E-state index in [2.05, 4.69) is 18.9 Å². The number of halogens is 1. The molecule has 1 atom stereocenters. The fraction of sp³-hybridized carbons (Fsp3) is 0.538. The summed E-state index contributed by atoms with van der Waals surface area (Å²) in [6.45, 7) is 3.91. The molecule has 2 N–H and O–H groups in total. The zero-order chi connectivity index (χ0) is 12.8. The van der Waals surface area contributed by atoms with Gasteiger partial charge in [0.2, 0.25) is 0 Å². The number of nitrogens with zero attached hydrogens (tertiary/aromatic N) is 1. The molecule has 3 nitrogen and oxygen atoms in total. The zero-order valence-corrected chi connectivity index (χ0v) is 11.5. The number of benzene rings is 1. The highest BCUT2D eigenvalue weighted by molar-refractivity contribution is 6.32. The van der Waals surface area contributed by atoms with E-state index in [-0.39, 0.29) is 0 Å². The van der Waals surface area contributed by atoms with E-state index in [1.807, 2.05) is 18.2 Å². The van der Waals surface area contributed by atoms with Crippen molar-refractivity contribution in [3.63, 3.8) is 0 Å². The molecular formula is C13H21ClN2O. The number of methoxy groups -OCH3 is 1.